The van der Waals surface area contributed by atoms with Crippen molar-refractivity contribution in [3.8, 4) is 0 Å². The fourth-order valence-electron chi connectivity index (χ4n) is 5.07. The molecular formula is C20H34O3SSi. The molecule has 0 atom stereocenters. The van der Waals surface area contributed by atoms with E-state index in [4.69, 9.17) is 0 Å². The van der Waals surface area contributed by atoms with Crippen LogP contribution >= 0.6 is 0 Å². The second kappa shape index (κ2) is 8.19. The van der Waals surface area contributed by atoms with Crippen LogP contribution in [0.25, 0.3) is 6.08 Å². The molecule has 0 bridgehead atoms. The Labute approximate surface area is 155 Å². The van der Waals surface area contributed by atoms with Crippen LogP contribution in [0.2, 0.25) is 16.1 Å². The van der Waals surface area contributed by atoms with Crippen molar-refractivity contribution in [2.24, 2.45) is 0 Å². The number of hydrogen-bond acceptors (Lipinski definition) is 2. The second-order valence-corrected chi connectivity index (χ2v) is 15.9. The highest BCUT2D eigenvalue weighted by atomic mass is 32.2. The van der Waals surface area contributed by atoms with Gasteiger partial charge in [-0.1, -0.05) is 91.6 Å². The molecule has 5 heteroatoms. The van der Waals surface area contributed by atoms with Crippen LogP contribution in [0.1, 0.15) is 66.9 Å². The smallest absolute Gasteiger partial charge is 0.282 e. The van der Waals surface area contributed by atoms with Crippen LogP contribution in [0.4, 0.5) is 0 Å². The predicted molar refractivity (Wildman–Crippen MR) is 111 cm³/mol. The molecular weight excluding hydrogens is 348 g/mol. The van der Waals surface area contributed by atoms with Gasteiger partial charge >= 0.3 is 0 Å². The van der Waals surface area contributed by atoms with Crippen LogP contribution in [0, 0.1) is 0 Å². The van der Waals surface area contributed by atoms with Gasteiger partial charge in [-0.15, -0.1) is 0 Å². The van der Waals surface area contributed by atoms with E-state index in [1.54, 1.807) is 6.08 Å². The summed E-state index contributed by atoms with van der Waals surface area (Å²) in [7, 11) is -6.91. The van der Waals surface area contributed by atoms with E-state index in [1.165, 1.54) is 0 Å². The highest BCUT2D eigenvalue weighted by Crippen LogP contribution is 2.57. The molecule has 1 N–H and O–H groups in total. The number of benzene rings is 1. The van der Waals surface area contributed by atoms with Crippen molar-refractivity contribution in [2.75, 3.05) is 0 Å². The quantitative estimate of drug-likeness (QED) is 0.424. The summed E-state index contributed by atoms with van der Waals surface area (Å²) >= 11 is 0. The zero-order valence-corrected chi connectivity index (χ0v) is 18.5. The Balaban J connectivity index is 3.87. The molecule has 1 rings (SSSR count). The van der Waals surface area contributed by atoms with E-state index in [2.05, 4.69) is 48.5 Å². The lowest BCUT2D eigenvalue weighted by molar-refractivity contribution is 0.489. The molecule has 25 heavy (non-hydrogen) atoms. The van der Waals surface area contributed by atoms with Crippen LogP contribution in [-0.4, -0.2) is 21.0 Å². The summed E-state index contributed by atoms with van der Waals surface area (Å²) in [5.41, 5.74) is 1.19. The molecule has 0 saturated carbocycles. The molecule has 0 aliphatic rings. The highest BCUT2D eigenvalue weighted by molar-refractivity contribution is 7.92. The Morgan fingerprint density at radius 1 is 1.12 bits per heavy atom. The van der Waals surface area contributed by atoms with Crippen LogP contribution in [0.5, 0.6) is 0 Å². The van der Waals surface area contributed by atoms with E-state index in [0.29, 0.717) is 0 Å². The topological polar surface area (TPSA) is 54.4 Å². The number of hydrogen-bond donors (Lipinski definition) is 1. The predicted octanol–water partition coefficient (Wildman–Crippen LogP) is 6.30. The van der Waals surface area contributed by atoms with Gasteiger partial charge in [-0.25, -0.2) is 0 Å². The zero-order chi connectivity index (χ0) is 19.5. The van der Waals surface area contributed by atoms with E-state index < -0.39 is 18.2 Å². The normalized spacial score (nSPS) is 14.4. The van der Waals surface area contributed by atoms with E-state index >= 15 is 0 Å². The van der Waals surface area contributed by atoms with Gasteiger partial charge in [0.05, 0.1) is 4.53 Å². The van der Waals surface area contributed by atoms with E-state index in [1.807, 2.05) is 30.3 Å². The molecule has 0 unspecified atom stereocenters. The van der Waals surface area contributed by atoms with Gasteiger partial charge in [-0.05, 0) is 27.8 Å². The molecule has 0 aliphatic heterocycles. The zero-order valence-electron chi connectivity index (χ0n) is 16.7. The molecule has 0 aliphatic carbocycles. The first-order valence-electron chi connectivity index (χ1n) is 9.16. The summed E-state index contributed by atoms with van der Waals surface area (Å²) in [6, 6.07) is 9.45. The largest absolute Gasteiger partial charge is 0.286 e. The minimum absolute atomic E-state index is 0.152. The van der Waals surface area contributed by atoms with E-state index in [0.717, 1.165) is 18.4 Å². The van der Waals surface area contributed by atoms with Crippen molar-refractivity contribution >= 4 is 24.3 Å². The molecule has 0 spiro atoms. The first kappa shape index (κ1) is 22.1. The molecule has 1 aromatic rings. The third-order valence-corrected chi connectivity index (χ3v) is 15.2. The standard InChI is InChI=1S/C20H34O3SSi/c1-8-14-20(6,7)25(16(2)3,17(4)5)19(24(21,22)23)15-18-12-10-9-11-13-18/h9-13,15-17H,8,14H2,1-7H3,(H,21,22,23). The average Bonchev–Trinajstić information content (AvgIpc) is 2.45. The van der Waals surface area contributed by atoms with Crippen LogP contribution in [0.3, 0.4) is 0 Å². The Kier molecular flexibility index (Phi) is 7.25. The molecule has 3 nitrogen and oxygen atoms in total. The Hall–Kier alpha value is -0.913. The van der Waals surface area contributed by atoms with Gasteiger partial charge in [0.1, 0.15) is 8.07 Å². The molecule has 0 aromatic heterocycles. The van der Waals surface area contributed by atoms with Gasteiger partial charge < -0.3 is 0 Å². The Morgan fingerprint density at radius 2 is 1.60 bits per heavy atom. The fourth-order valence-corrected chi connectivity index (χ4v) is 16.6. The monoisotopic (exact) mass is 382 g/mol. The summed E-state index contributed by atoms with van der Waals surface area (Å²) in [6.07, 6.45) is 3.65. The SMILES string of the molecule is CCCC(C)(C)[Si](C(=Cc1ccccc1)S(=O)(=O)O)(C(C)C)C(C)C. The van der Waals surface area contributed by atoms with Gasteiger partial charge in [0, 0.05) is 0 Å². The minimum atomic E-state index is -4.29. The summed E-state index contributed by atoms with van der Waals surface area (Å²) in [5.74, 6) is 0. The molecule has 0 heterocycles. The average molecular weight is 383 g/mol. The van der Waals surface area contributed by atoms with Gasteiger partial charge in [-0.3, -0.25) is 4.55 Å². The van der Waals surface area contributed by atoms with Gasteiger partial charge in [0.15, 0.2) is 0 Å². The Bertz CT molecular complexity index is 681. The van der Waals surface area contributed by atoms with Crippen molar-refractivity contribution in [3.05, 3.63) is 40.4 Å². The van der Waals surface area contributed by atoms with Crippen LogP contribution in [-0.2, 0) is 10.1 Å². The maximum atomic E-state index is 12.6. The third kappa shape index (κ3) is 4.44. The Morgan fingerprint density at radius 3 is 1.96 bits per heavy atom. The van der Waals surface area contributed by atoms with Crippen molar-refractivity contribution in [1.29, 1.82) is 0 Å². The van der Waals surface area contributed by atoms with Gasteiger partial charge in [-0.2, -0.15) is 8.42 Å². The van der Waals surface area contributed by atoms with Gasteiger partial charge in [0.2, 0.25) is 0 Å². The van der Waals surface area contributed by atoms with Crippen molar-refractivity contribution in [1.82, 2.24) is 0 Å². The van der Waals surface area contributed by atoms with Gasteiger partial charge in [0.25, 0.3) is 10.1 Å². The maximum absolute atomic E-state index is 12.6. The lowest BCUT2D eigenvalue weighted by atomic mass is 10.1. The first-order valence-corrected chi connectivity index (χ1v) is 12.8. The maximum Gasteiger partial charge on any atom is 0.286 e. The molecule has 0 fully saturated rings. The van der Waals surface area contributed by atoms with Crippen molar-refractivity contribution in [2.45, 2.75) is 77.4 Å². The molecule has 0 radical (unpaired) electrons. The third-order valence-electron chi connectivity index (χ3n) is 5.60. The summed E-state index contributed by atoms with van der Waals surface area (Å²) in [6.45, 7) is 15.0. The molecule has 0 saturated heterocycles. The lowest BCUT2D eigenvalue weighted by Gasteiger charge is -2.51. The molecule has 0 amide bonds. The molecule has 142 valence electrons. The number of rotatable bonds is 8. The second-order valence-electron chi connectivity index (χ2n) is 8.21. The van der Waals surface area contributed by atoms with E-state index in [-0.39, 0.29) is 20.6 Å². The van der Waals surface area contributed by atoms with E-state index in [9.17, 15) is 13.0 Å². The first-order chi connectivity index (χ1) is 11.4. The van der Waals surface area contributed by atoms with Crippen LogP contribution < -0.4 is 0 Å². The van der Waals surface area contributed by atoms with Crippen molar-refractivity contribution < 1.29 is 13.0 Å². The fraction of sp³-hybridized carbons (Fsp3) is 0.600. The minimum Gasteiger partial charge on any atom is -0.282 e. The summed E-state index contributed by atoms with van der Waals surface area (Å²) in [5, 5.41) is -0.152. The summed E-state index contributed by atoms with van der Waals surface area (Å²) < 4.78 is 35.6. The van der Waals surface area contributed by atoms with Crippen LogP contribution in [0.15, 0.2) is 34.9 Å². The highest BCUT2D eigenvalue weighted by Gasteiger charge is 2.57. The summed E-state index contributed by atoms with van der Waals surface area (Å²) in [4.78, 5) is 0. The van der Waals surface area contributed by atoms with Crippen molar-refractivity contribution in [3.63, 3.8) is 0 Å². The molecule has 1 aromatic carbocycles. The lowest BCUT2D eigenvalue weighted by Crippen LogP contribution is -2.54.